The minimum absolute atomic E-state index is 0.187. The molecule has 134 valence electrons. The number of hydrogen-bond donors (Lipinski definition) is 0. The van der Waals surface area contributed by atoms with Gasteiger partial charge >= 0.3 is 5.97 Å². The maximum Gasteiger partial charge on any atom is 0.363 e. The first-order valence-electron chi connectivity index (χ1n) is 8.34. The molecule has 4 rings (SSSR count). The van der Waals surface area contributed by atoms with E-state index < -0.39 is 5.97 Å². The highest BCUT2D eigenvalue weighted by Crippen LogP contribution is 2.29. The fourth-order valence-corrected chi connectivity index (χ4v) is 2.82. The molecule has 0 bridgehead atoms. The van der Waals surface area contributed by atoms with Crippen molar-refractivity contribution in [3.8, 4) is 17.0 Å². The number of carbonyl (C=O) groups is 1. The number of carbonyl (C=O) groups excluding carboxylic acids is 1. The van der Waals surface area contributed by atoms with E-state index in [1.54, 1.807) is 20.1 Å². The quantitative estimate of drug-likeness (QED) is 0.519. The highest BCUT2D eigenvalue weighted by Gasteiger charge is 2.30. The van der Waals surface area contributed by atoms with Crippen LogP contribution in [-0.2, 0) is 9.53 Å². The first-order valence-corrected chi connectivity index (χ1v) is 8.34. The minimum Gasteiger partial charge on any atom is -0.497 e. The number of nitrogens with zero attached hydrogens (tertiary/aromatic N) is 2. The SMILES string of the molecule is COc1cccc(/C=C2\N=C(c3c(-c4ccccc4)noc3C)OC2=O)c1. The summed E-state index contributed by atoms with van der Waals surface area (Å²) in [5.41, 5.74) is 3.01. The summed E-state index contributed by atoms with van der Waals surface area (Å²) in [6, 6.07) is 16.9. The Morgan fingerprint density at radius 1 is 1.07 bits per heavy atom. The molecule has 0 radical (unpaired) electrons. The van der Waals surface area contributed by atoms with Gasteiger partial charge in [0.2, 0.25) is 5.90 Å². The molecular formula is C21H16N2O4. The predicted octanol–water partition coefficient (Wildman–Crippen LogP) is 4.00. The van der Waals surface area contributed by atoms with E-state index >= 15 is 0 Å². The highest BCUT2D eigenvalue weighted by atomic mass is 16.6. The Balaban J connectivity index is 1.74. The Labute approximate surface area is 155 Å². The third kappa shape index (κ3) is 3.25. The zero-order valence-corrected chi connectivity index (χ0v) is 14.8. The summed E-state index contributed by atoms with van der Waals surface area (Å²) in [7, 11) is 1.59. The van der Waals surface area contributed by atoms with Crippen LogP contribution in [0, 0.1) is 6.92 Å². The Morgan fingerprint density at radius 2 is 1.89 bits per heavy atom. The van der Waals surface area contributed by atoms with Gasteiger partial charge in [0.05, 0.1) is 7.11 Å². The van der Waals surface area contributed by atoms with Crippen LogP contribution in [0.3, 0.4) is 0 Å². The highest BCUT2D eigenvalue weighted by molar-refractivity contribution is 6.15. The van der Waals surface area contributed by atoms with Gasteiger partial charge in [-0.25, -0.2) is 9.79 Å². The zero-order chi connectivity index (χ0) is 18.8. The molecule has 2 aromatic carbocycles. The van der Waals surface area contributed by atoms with Gasteiger partial charge in [0.15, 0.2) is 5.70 Å². The fraction of sp³-hybridized carbons (Fsp3) is 0.0952. The van der Waals surface area contributed by atoms with Crippen molar-refractivity contribution < 1.29 is 18.8 Å². The van der Waals surface area contributed by atoms with Crippen molar-refractivity contribution in [1.29, 1.82) is 0 Å². The van der Waals surface area contributed by atoms with Crippen LogP contribution in [0.15, 0.2) is 69.8 Å². The van der Waals surface area contributed by atoms with Crippen LogP contribution in [0.2, 0.25) is 0 Å². The van der Waals surface area contributed by atoms with Gasteiger partial charge in [-0.2, -0.15) is 0 Å². The van der Waals surface area contributed by atoms with Gasteiger partial charge in [-0.05, 0) is 30.7 Å². The Hall–Kier alpha value is -3.67. The Kier molecular flexibility index (Phi) is 4.30. The summed E-state index contributed by atoms with van der Waals surface area (Å²) < 4.78 is 15.9. The standard InChI is InChI=1S/C21H16N2O4/c1-13-18(19(23-27-13)15-8-4-3-5-9-15)20-22-17(21(24)26-20)12-14-7-6-10-16(11-14)25-2/h3-12H,1-2H3/b17-12-. The van der Waals surface area contributed by atoms with Gasteiger partial charge in [-0.15, -0.1) is 0 Å². The molecule has 6 heteroatoms. The maximum absolute atomic E-state index is 12.3. The van der Waals surface area contributed by atoms with Gasteiger partial charge < -0.3 is 14.0 Å². The average molecular weight is 360 g/mol. The molecule has 0 atom stereocenters. The van der Waals surface area contributed by atoms with Crippen molar-refractivity contribution in [1.82, 2.24) is 5.16 Å². The van der Waals surface area contributed by atoms with Crippen LogP contribution >= 0.6 is 0 Å². The van der Waals surface area contributed by atoms with Crippen LogP contribution in [0.4, 0.5) is 0 Å². The van der Waals surface area contributed by atoms with Gasteiger partial charge in [0.25, 0.3) is 0 Å². The second-order valence-electron chi connectivity index (χ2n) is 5.94. The third-order valence-corrected chi connectivity index (χ3v) is 4.14. The normalized spacial score (nSPS) is 15.0. The van der Waals surface area contributed by atoms with Crippen LogP contribution in [0.1, 0.15) is 16.9 Å². The third-order valence-electron chi connectivity index (χ3n) is 4.14. The van der Waals surface area contributed by atoms with Gasteiger partial charge in [0, 0.05) is 5.56 Å². The van der Waals surface area contributed by atoms with E-state index in [2.05, 4.69) is 10.1 Å². The van der Waals surface area contributed by atoms with Crippen LogP contribution in [0.5, 0.6) is 5.75 Å². The number of cyclic esters (lactones) is 1. The number of rotatable bonds is 4. The second kappa shape index (κ2) is 6.92. The van der Waals surface area contributed by atoms with Crippen molar-refractivity contribution >= 4 is 17.9 Å². The molecule has 0 spiro atoms. The number of benzene rings is 2. The molecule has 1 aliphatic heterocycles. The summed E-state index contributed by atoms with van der Waals surface area (Å²) in [6.07, 6.45) is 1.66. The van der Waals surface area contributed by atoms with Gasteiger partial charge in [-0.3, -0.25) is 0 Å². The smallest absolute Gasteiger partial charge is 0.363 e. The number of aliphatic imine (C=N–C) groups is 1. The molecule has 1 aromatic heterocycles. The summed E-state index contributed by atoms with van der Waals surface area (Å²) in [6.45, 7) is 1.76. The molecule has 2 heterocycles. The number of methoxy groups -OCH3 is 1. The second-order valence-corrected chi connectivity index (χ2v) is 5.94. The summed E-state index contributed by atoms with van der Waals surface area (Å²) >= 11 is 0. The molecule has 0 amide bonds. The topological polar surface area (TPSA) is 73.9 Å². The van der Waals surface area contributed by atoms with Crippen LogP contribution in [0.25, 0.3) is 17.3 Å². The maximum atomic E-state index is 12.3. The first-order chi connectivity index (χ1) is 13.2. The average Bonchev–Trinajstić information content (AvgIpc) is 3.25. The minimum atomic E-state index is -0.521. The summed E-state index contributed by atoms with van der Waals surface area (Å²) in [5, 5.41) is 4.10. The predicted molar refractivity (Wildman–Crippen MR) is 100 cm³/mol. The van der Waals surface area contributed by atoms with E-state index in [0.29, 0.717) is 22.8 Å². The molecule has 0 fully saturated rings. The molecule has 6 nitrogen and oxygen atoms in total. The van der Waals surface area contributed by atoms with Crippen LogP contribution in [-0.4, -0.2) is 24.1 Å². The zero-order valence-electron chi connectivity index (χ0n) is 14.8. The first kappa shape index (κ1) is 16.8. The molecule has 0 unspecified atom stereocenters. The summed E-state index contributed by atoms with van der Waals surface area (Å²) in [4.78, 5) is 16.7. The molecule has 0 saturated carbocycles. The Bertz CT molecular complexity index is 1060. The van der Waals surface area contributed by atoms with E-state index in [1.807, 2.05) is 54.6 Å². The number of ether oxygens (including phenoxy) is 2. The Morgan fingerprint density at radius 3 is 2.67 bits per heavy atom. The number of esters is 1. The molecule has 3 aromatic rings. The number of hydrogen-bond acceptors (Lipinski definition) is 6. The van der Waals surface area contributed by atoms with Crippen molar-refractivity contribution in [2.24, 2.45) is 4.99 Å². The van der Waals surface area contributed by atoms with E-state index in [1.165, 1.54) is 0 Å². The van der Waals surface area contributed by atoms with Gasteiger partial charge in [0.1, 0.15) is 22.8 Å². The summed E-state index contributed by atoms with van der Waals surface area (Å²) in [5.74, 6) is 0.892. The van der Waals surface area contributed by atoms with Crippen molar-refractivity contribution in [3.63, 3.8) is 0 Å². The lowest BCUT2D eigenvalue weighted by atomic mass is 10.1. The molecule has 0 N–H and O–H groups in total. The van der Waals surface area contributed by atoms with Crippen LogP contribution < -0.4 is 4.74 Å². The molecule has 0 aliphatic carbocycles. The molecule has 1 aliphatic rings. The van der Waals surface area contributed by atoms with E-state index in [0.717, 1.165) is 11.1 Å². The molecular weight excluding hydrogens is 344 g/mol. The lowest BCUT2D eigenvalue weighted by molar-refractivity contribution is -0.129. The molecule has 27 heavy (non-hydrogen) atoms. The van der Waals surface area contributed by atoms with E-state index in [4.69, 9.17) is 14.0 Å². The monoisotopic (exact) mass is 360 g/mol. The van der Waals surface area contributed by atoms with E-state index in [-0.39, 0.29) is 11.6 Å². The van der Waals surface area contributed by atoms with Crippen molar-refractivity contribution in [2.75, 3.05) is 7.11 Å². The molecule has 0 saturated heterocycles. The largest absolute Gasteiger partial charge is 0.497 e. The van der Waals surface area contributed by atoms with Crippen molar-refractivity contribution in [3.05, 3.63) is 77.2 Å². The van der Waals surface area contributed by atoms with Crippen molar-refractivity contribution in [2.45, 2.75) is 6.92 Å². The van der Waals surface area contributed by atoms with Gasteiger partial charge in [-0.1, -0.05) is 47.6 Å². The fourth-order valence-electron chi connectivity index (χ4n) is 2.82. The van der Waals surface area contributed by atoms with E-state index in [9.17, 15) is 4.79 Å². The number of aromatic nitrogens is 1. The lowest BCUT2D eigenvalue weighted by Crippen LogP contribution is -2.07. The number of aryl methyl sites for hydroxylation is 1. The lowest BCUT2D eigenvalue weighted by Gasteiger charge is -2.01.